The average Bonchev–Trinajstić information content (AvgIpc) is 2.49. The SMILES string of the molecule is Cc1ccc(/C=C2\NC(=S)SC2=O)cc1. The maximum atomic E-state index is 11.4. The standard InChI is InChI=1S/C11H9NOS2/c1-7-2-4-8(5-3-7)6-9-10(13)15-11(14)12-9/h2-6H,1H3,(H,12,14)/b9-6-. The number of hydrogen-bond acceptors (Lipinski definition) is 3. The van der Waals surface area contributed by atoms with Gasteiger partial charge in [0.15, 0.2) is 0 Å². The van der Waals surface area contributed by atoms with Crippen molar-refractivity contribution in [3.8, 4) is 0 Å². The highest BCUT2D eigenvalue weighted by molar-refractivity contribution is 8.33. The summed E-state index contributed by atoms with van der Waals surface area (Å²) in [5, 5.41) is 2.86. The smallest absolute Gasteiger partial charge is 0.242 e. The van der Waals surface area contributed by atoms with Crippen LogP contribution in [0.4, 0.5) is 0 Å². The van der Waals surface area contributed by atoms with E-state index < -0.39 is 0 Å². The molecule has 0 aromatic heterocycles. The fraction of sp³-hybridized carbons (Fsp3) is 0.0909. The first kappa shape index (κ1) is 10.4. The average molecular weight is 235 g/mol. The number of thioether (sulfide) groups is 1. The van der Waals surface area contributed by atoms with Crippen LogP contribution in [0.15, 0.2) is 30.0 Å². The Hall–Kier alpha value is -1.13. The van der Waals surface area contributed by atoms with E-state index in [0.29, 0.717) is 10.0 Å². The quantitative estimate of drug-likeness (QED) is 0.598. The van der Waals surface area contributed by atoms with E-state index in [1.54, 1.807) is 0 Å². The molecule has 0 radical (unpaired) electrons. The lowest BCUT2D eigenvalue weighted by molar-refractivity contribution is -0.107. The van der Waals surface area contributed by atoms with Gasteiger partial charge in [-0.3, -0.25) is 4.79 Å². The summed E-state index contributed by atoms with van der Waals surface area (Å²) in [6.07, 6.45) is 1.81. The molecular weight excluding hydrogens is 226 g/mol. The van der Waals surface area contributed by atoms with Crippen molar-refractivity contribution in [1.82, 2.24) is 5.32 Å². The van der Waals surface area contributed by atoms with Gasteiger partial charge in [-0.1, -0.05) is 42.0 Å². The molecule has 1 aliphatic heterocycles. The number of nitrogens with one attached hydrogen (secondary N) is 1. The van der Waals surface area contributed by atoms with Crippen molar-refractivity contribution in [1.29, 1.82) is 0 Å². The summed E-state index contributed by atoms with van der Waals surface area (Å²) in [5.74, 6) is 0. The van der Waals surface area contributed by atoms with Crippen LogP contribution in [0.5, 0.6) is 0 Å². The molecule has 1 fully saturated rings. The van der Waals surface area contributed by atoms with E-state index in [0.717, 1.165) is 17.3 Å². The number of thiocarbonyl (C=S) groups is 1. The topological polar surface area (TPSA) is 29.1 Å². The minimum Gasteiger partial charge on any atom is -0.337 e. The first-order valence-corrected chi connectivity index (χ1v) is 5.69. The third-order valence-electron chi connectivity index (χ3n) is 2.03. The Bertz CT molecular complexity index is 448. The van der Waals surface area contributed by atoms with Crippen molar-refractivity contribution in [2.24, 2.45) is 0 Å². The molecule has 2 rings (SSSR count). The monoisotopic (exact) mass is 235 g/mol. The van der Waals surface area contributed by atoms with E-state index in [4.69, 9.17) is 12.2 Å². The van der Waals surface area contributed by atoms with Crippen LogP contribution in [-0.4, -0.2) is 9.44 Å². The molecule has 1 aliphatic rings. The normalized spacial score (nSPS) is 18.3. The second-order valence-corrected chi connectivity index (χ2v) is 4.92. The number of aryl methyl sites for hydroxylation is 1. The van der Waals surface area contributed by atoms with Crippen LogP contribution in [0.3, 0.4) is 0 Å². The summed E-state index contributed by atoms with van der Waals surface area (Å²) in [7, 11) is 0. The maximum absolute atomic E-state index is 11.4. The fourth-order valence-electron chi connectivity index (χ4n) is 1.25. The van der Waals surface area contributed by atoms with Gasteiger partial charge in [0.1, 0.15) is 4.32 Å². The molecule has 15 heavy (non-hydrogen) atoms. The number of benzene rings is 1. The van der Waals surface area contributed by atoms with Gasteiger partial charge in [0.05, 0.1) is 5.70 Å². The minimum absolute atomic E-state index is 0.0134. The molecule has 2 nitrogen and oxygen atoms in total. The largest absolute Gasteiger partial charge is 0.337 e. The first-order valence-electron chi connectivity index (χ1n) is 4.47. The van der Waals surface area contributed by atoms with Gasteiger partial charge >= 0.3 is 0 Å². The molecule has 1 aromatic rings. The number of rotatable bonds is 1. The Balaban J connectivity index is 2.27. The lowest BCUT2D eigenvalue weighted by Crippen LogP contribution is -2.09. The predicted molar refractivity (Wildman–Crippen MR) is 67.5 cm³/mol. The van der Waals surface area contributed by atoms with Gasteiger partial charge in [0.2, 0.25) is 5.12 Å². The Labute approximate surface area is 97.8 Å². The van der Waals surface area contributed by atoms with Gasteiger partial charge in [0.25, 0.3) is 0 Å². The van der Waals surface area contributed by atoms with Gasteiger partial charge in [-0.15, -0.1) is 0 Å². The Morgan fingerprint density at radius 3 is 2.53 bits per heavy atom. The fourth-order valence-corrected chi connectivity index (χ4v) is 2.14. The molecular formula is C11H9NOS2. The lowest BCUT2D eigenvalue weighted by Gasteiger charge is -1.97. The molecule has 0 spiro atoms. The summed E-state index contributed by atoms with van der Waals surface area (Å²) in [5.41, 5.74) is 2.77. The van der Waals surface area contributed by atoms with Crippen LogP contribution in [0.1, 0.15) is 11.1 Å². The second-order valence-electron chi connectivity index (χ2n) is 3.27. The molecule has 1 saturated heterocycles. The van der Waals surface area contributed by atoms with Crippen molar-refractivity contribution in [2.45, 2.75) is 6.92 Å². The molecule has 4 heteroatoms. The zero-order valence-corrected chi connectivity index (χ0v) is 9.74. The van der Waals surface area contributed by atoms with Gasteiger partial charge in [0, 0.05) is 0 Å². The highest BCUT2D eigenvalue weighted by atomic mass is 32.2. The zero-order valence-electron chi connectivity index (χ0n) is 8.11. The summed E-state index contributed by atoms with van der Waals surface area (Å²) in [6.45, 7) is 2.03. The predicted octanol–water partition coefficient (Wildman–Crippen LogP) is 2.48. The molecule has 0 atom stereocenters. The molecule has 0 saturated carbocycles. The van der Waals surface area contributed by atoms with Crippen LogP contribution in [0.2, 0.25) is 0 Å². The highest BCUT2D eigenvalue weighted by Gasteiger charge is 2.21. The Morgan fingerprint density at radius 1 is 1.33 bits per heavy atom. The van der Waals surface area contributed by atoms with Crippen LogP contribution in [-0.2, 0) is 4.79 Å². The molecule has 1 aromatic carbocycles. The van der Waals surface area contributed by atoms with Crippen molar-refractivity contribution >= 4 is 39.5 Å². The summed E-state index contributed by atoms with van der Waals surface area (Å²) in [6, 6.07) is 7.97. The van der Waals surface area contributed by atoms with Gasteiger partial charge < -0.3 is 5.32 Å². The second kappa shape index (κ2) is 4.16. The van der Waals surface area contributed by atoms with Crippen molar-refractivity contribution in [3.05, 3.63) is 41.1 Å². The summed E-state index contributed by atoms with van der Waals surface area (Å²) >= 11 is 5.96. The van der Waals surface area contributed by atoms with E-state index in [-0.39, 0.29) is 5.12 Å². The van der Waals surface area contributed by atoms with Crippen molar-refractivity contribution in [3.63, 3.8) is 0 Å². The molecule has 1 N–H and O–H groups in total. The van der Waals surface area contributed by atoms with E-state index in [1.165, 1.54) is 5.56 Å². The first-order chi connectivity index (χ1) is 7.15. The van der Waals surface area contributed by atoms with E-state index in [9.17, 15) is 4.79 Å². The van der Waals surface area contributed by atoms with Crippen LogP contribution in [0.25, 0.3) is 6.08 Å². The Kier molecular flexibility index (Phi) is 2.88. The van der Waals surface area contributed by atoms with Crippen LogP contribution >= 0.6 is 24.0 Å². The molecule has 0 amide bonds. The zero-order chi connectivity index (χ0) is 10.8. The Morgan fingerprint density at radius 2 is 2.00 bits per heavy atom. The third kappa shape index (κ3) is 2.46. The number of hydrogen-bond donors (Lipinski definition) is 1. The van der Waals surface area contributed by atoms with E-state index >= 15 is 0 Å². The third-order valence-corrected chi connectivity index (χ3v) is 3.08. The number of carbonyl (C=O) groups excluding carboxylic acids is 1. The van der Waals surface area contributed by atoms with E-state index in [1.807, 2.05) is 37.3 Å². The molecule has 0 unspecified atom stereocenters. The van der Waals surface area contributed by atoms with Gasteiger partial charge in [-0.2, -0.15) is 0 Å². The van der Waals surface area contributed by atoms with Gasteiger partial charge in [-0.25, -0.2) is 0 Å². The number of carbonyl (C=O) groups is 1. The van der Waals surface area contributed by atoms with Crippen LogP contribution in [0, 0.1) is 6.92 Å². The lowest BCUT2D eigenvalue weighted by atomic mass is 10.1. The maximum Gasteiger partial charge on any atom is 0.242 e. The summed E-state index contributed by atoms with van der Waals surface area (Å²) < 4.78 is 0.526. The van der Waals surface area contributed by atoms with Gasteiger partial charge in [-0.05, 0) is 30.3 Å². The molecule has 1 heterocycles. The highest BCUT2D eigenvalue weighted by Crippen LogP contribution is 2.20. The molecule has 0 bridgehead atoms. The minimum atomic E-state index is -0.0134. The van der Waals surface area contributed by atoms with E-state index in [2.05, 4.69) is 5.32 Å². The van der Waals surface area contributed by atoms with Crippen molar-refractivity contribution in [2.75, 3.05) is 0 Å². The van der Waals surface area contributed by atoms with Crippen LogP contribution < -0.4 is 5.32 Å². The molecule has 76 valence electrons. The summed E-state index contributed by atoms with van der Waals surface area (Å²) in [4.78, 5) is 11.4. The molecule has 0 aliphatic carbocycles. The van der Waals surface area contributed by atoms with Crippen molar-refractivity contribution < 1.29 is 4.79 Å².